The van der Waals surface area contributed by atoms with Crippen LogP contribution in [0.25, 0.3) is 0 Å². The van der Waals surface area contributed by atoms with Gasteiger partial charge >= 0.3 is 0 Å². The predicted octanol–water partition coefficient (Wildman–Crippen LogP) is 2.13. The van der Waals surface area contributed by atoms with Crippen molar-refractivity contribution in [1.82, 2.24) is 10.2 Å². The number of carbonyl (C=O) groups excluding carboxylic acids is 1. The Morgan fingerprint density at radius 3 is 3.11 bits per heavy atom. The average molecular weight is 257 g/mol. The van der Waals surface area contributed by atoms with Crippen LogP contribution in [0.2, 0.25) is 0 Å². The van der Waals surface area contributed by atoms with Crippen LogP contribution in [0.3, 0.4) is 0 Å². The highest BCUT2D eigenvalue weighted by Gasteiger charge is 2.25. The van der Waals surface area contributed by atoms with Gasteiger partial charge in [-0.3, -0.25) is 9.89 Å². The highest BCUT2D eigenvalue weighted by molar-refractivity contribution is 6.00. The zero-order chi connectivity index (χ0) is 13.2. The zero-order valence-corrected chi connectivity index (χ0v) is 10.4. The van der Waals surface area contributed by atoms with E-state index in [0.29, 0.717) is 24.4 Å². The number of aromatic amines is 1. The Morgan fingerprint density at radius 2 is 2.32 bits per heavy atom. The molecule has 3 rings (SSSR count). The second kappa shape index (κ2) is 4.76. The lowest BCUT2D eigenvalue weighted by Crippen LogP contribution is -2.17. The van der Waals surface area contributed by atoms with Crippen molar-refractivity contribution in [3.63, 3.8) is 0 Å². The normalized spacial score (nSPS) is 17.6. The molecule has 3 N–H and O–H groups in total. The number of benzene rings is 1. The number of hydrogen-bond donors (Lipinski definition) is 2. The predicted molar refractivity (Wildman–Crippen MR) is 71.2 cm³/mol. The number of nitrogens with zero attached hydrogens (tertiary/aromatic N) is 1. The number of hydrogen-bond acceptors (Lipinski definition) is 4. The van der Waals surface area contributed by atoms with E-state index < -0.39 is 0 Å². The topological polar surface area (TPSA) is 81.0 Å². The molecule has 1 aliphatic rings. The maximum absolute atomic E-state index is 12.2. The lowest BCUT2D eigenvalue weighted by molar-refractivity contribution is 0.0967. The number of para-hydroxylation sites is 1. The highest BCUT2D eigenvalue weighted by Crippen LogP contribution is 2.36. The van der Waals surface area contributed by atoms with Gasteiger partial charge in [0, 0.05) is 6.42 Å². The van der Waals surface area contributed by atoms with Crippen molar-refractivity contribution in [2.75, 3.05) is 12.3 Å². The number of aromatic nitrogens is 2. The summed E-state index contributed by atoms with van der Waals surface area (Å²) in [7, 11) is 0. The van der Waals surface area contributed by atoms with Crippen molar-refractivity contribution < 1.29 is 9.53 Å². The largest absolute Gasteiger partial charge is 0.493 e. The van der Waals surface area contributed by atoms with Crippen molar-refractivity contribution in [3.05, 3.63) is 41.6 Å². The van der Waals surface area contributed by atoms with Crippen LogP contribution >= 0.6 is 0 Å². The highest BCUT2D eigenvalue weighted by atomic mass is 16.5. The molecule has 1 aromatic heterocycles. The molecule has 0 radical (unpaired) electrons. The molecule has 0 aliphatic carbocycles. The minimum absolute atomic E-state index is 0.0213. The Balaban J connectivity index is 1.82. The van der Waals surface area contributed by atoms with Crippen molar-refractivity contribution in [3.8, 4) is 5.75 Å². The number of nitrogens with one attached hydrogen (secondary N) is 1. The molecule has 0 saturated carbocycles. The summed E-state index contributed by atoms with van der Waals surface area (Å²) in [6.45, 7) is 0.649. The Bertz CT molecular complexity index is 606. The van der Waals surface area contributed by atoms with Crippen molar-refractivity contribution >= 4 is 11.6 Å². The second-order valence-electron chi connectivity index (χ2n) is 4.70. The number of Topliss-reactive ketones (excluding diaryl/α,β-unsaturated/α-hetero) is 1. The standard InChI is InChI=1S/C14H15N3O2/c15-14-11(8-16-17-14)12(18)7-9-5-6-19-13-4-2-1-3-10(9)13/h1-4,8-9H,5-7H2,(H3,15,16,17). The Labute approximate surface area is 110 Å². The van der Waals surface area contributed by atoms with Crippen LogP contribution in [0.1, 0.15) is 34.7 Å². The summed E-state index contributed by atoms with van der Waals surface area (Å²) in [6.07, 6.45) is 2.77. The maximum atomic E-state index is 12.2. The van der Waals surface area contributed by atoms with Crippen LogP contribution < -0.4 is 10.5 Å². The molecule has 0 spiro atoms. The summed E-state index contributed by atoms with van der Waals surface area (Å²) in [6, 6.07) is 7.87. The molecule has 0 saturated heterocycles. The molecule has 0 bridgehead atoms. The lowest BCUT2D eigenvalue weighted by atomic mass is 9.87. The summed E-state index contributed by atoms with van der Waals surface area (Å²) >= 11 is 0. The van der Waals surface area contributed by atoms with Crippen molar-refractivity contribution in [1.29, 1.82) is 0 Å². The summed E-state index contributed by atoms with van der Waals surface area (Å²) in [5, 5.41) is 6.37. The Morgan fingerprint density at radius 1 is 1.47 bits per heavy atom. The van der Waals surface area contributed by atoms with E-state index >= 15 is 0 Å². The fourth-order valence-electron chi connectivity index (χ4n) is 2.48. The molecule has 0 fully saturated rings. The van der Waals surface area contributed by atoms with Crippen molar-refractivity contribution in [2.45, 2.75) is 18.8 Å². The van der Waals surface area contributed by atoms with Crippen LogP contribution in [-0.4, -0.2) is 22.6 Å². The minimum Gasteiger partial charge on any atom is -0.493 e. The van der Waals surface area contributed by atoms with E-state index in [1.807, 2.05) is 24.3 Å². The van der Waals surface area contributed by atoms with E-state index in [9.17, 15) is 4.79 Å². The minimum atomic E-state index is 0.0213. The van der Waals surface area contributed by atoms with E-state index in [1.165, 1.54) is 6.20 Å². The number of fused-ring (bicyclic) bond motifs is 1. The zero-order valence-electron chi connectivity index (χ0n) is 10.4. The van der Waals surface area contributed by atoms with Gasteiger partial charge in [0.15, 0.2) is 5.78 Å². The summed E-state index contributed by atoms with van der Waals surface area (Å²) < 4.78 is 5.60. The molecule has 19 heavy (non-hydrogen) atoms. The third kappa shape index (κ3) is 2.19. The molecule has 5 nitrogen and oxygen atoms in total. The molecule has 1 atom stereocenters. The van der Waals surface area contributed by atoms with Gasteiger partial charge < -0.3 is 10.5 Å². The van der Waals surface area contributed by atoms with E-state index in [0.717, 1.165) is 17.7 Å². The van der Waals surface area contributed by atoms with Gasteiger partial charge in [-0.25, -0.2) is 0 Å². The number of nitrogen functional groups attached to an aromatic ring is 1. The fourth-order valence-corrected chi connectivity index (χ4v) is 2.48. The average Bonchev–Trinajstić information content (AvgIpc) is 2.85. The number of carbonyl (C=O) groups is 1. The molecule has 1 aliphatic heterocycles. The van der Waals surface area contributed by atoms with E-state index in [-0.39, 0.29) is 11.7 Å². The van der Waals surface area contributed by atoms with Gasteiger partial charge in [-0.1, -0.05) is 18.2 Å². The summed E-state index contributed by atoms with van der Waals surface area (Å²) in [4.78, 5) is 12.2. The Hall–Kier alpha value is -2.30. The molecular weight excluding hydrogens is 242 g/mol. The quantitative estimate of drug-likeness (QED) is 0.825. The maximum Gasteiger partial charge on any atom is 0.168 e. The molecule has 2 aromatic rings. The summed E-state index contributed by atoms with van der Waals surface area (Å²) in [5.41, 5.74) is 7.25. The number of nitrogens with two attached hydrogens (primary N) is 1. The fraction of sp³-hybridized carbons (Fsp3) is 0.286. The van der Waals surface area contributed by atoms with Crippen LogP contribution in [-0.2, 0) is 0 Å². The Kier molecular flexibility index (Phi) is 2.95. The van der Waals surface area contributed by atoms with E-state index in [4.69, 9.17) is 10.5 Å². The summed E-state index contributed by atoms with van der Waals surface area (Å²) in [5.74, 6) is 1.43. The third-order valence-electron chi connectivity index (χ3n) is 3.48. The molecule has 1 unspecified atom stereocenters. The number of rotatable bonds is 3. The molecule has 5 heteroatoms. The molecule has 98 valence electrons. The van der Waals surface area contributed by atoms with Gasteiger partial charge in [-0.2, -0.15) is 5.10 Å². The van der Waals surface area contributed by atoms with Gasteiger partial charge in [0.05, 0.1) is 18.4 Å². The third-order valence-corrected chi connectivity index (χ3v) is 3.48. The van der Waals surface area contributed by atoms with Crippen LogP contribution in [0.4, 0.5) is 5.82 Å². The second-order valence-corrected chi connectivity index (χ2v) is 4.70. The van der Waals surface area contributed by atoms with Gasteiger partial charge in [0.2, 0.25) is 0 Å². The molecule has 2 heterocycles. The number of ketones is 1. The first-order valence-corrected chi connectivity index (χ1v) is 6.29. The molecule has 0 amide bonds. The van der Waals surface area contributed by atoms with Crippen molar-refractivity contribution in [2.24, 2.45) is 0 Å². The number of anilines is 1. The first-order chi connectivity index (χ1) is 9.25. The van der Waals surface area contributed by atoms with Gasteiger partial charge in [-0.15, -0.1) is 0 Å². The van der Waals surface area contributed by atoms with Crippen LogP contribution in [0, 0.1) is 0 Å². The SMILES string of the molecule is Nc1[nH]ncc1C(=O)CC1CCOc2ccccc21. The van der Waals surface area contributed by atoms with Gasteiger partial charge in [-0.05, 0) is 24.0 Å². The smallest absolute Gasteiger partial charge is 0.168 e. The first kappa shape index (κ1) is 11.8. The lowest BCUT2D eigenvalue weighted by Gasteiger charge is -2.25. The van der Waals surface area contributed by atoms with E-state index in [1.54, 1.807) is 0 Å². The monoisotopic (exact) mass is 257 g/mol. The van der Waals surface area contributed by atoms with Crippen LogP contribution in [0.15, 0.2) is 30.5 Å². The number of H-pyrrole nitrogens is 1. The van der Waals surface area contributed by atoms with E-state index in [2.05, 4.69) is 10.2 Å². The molecular formula is C14H15N3O2. The van der Waals surface area contributed by atoms with Crippen LogP contribution in [0.5, 0.6) is 5.75 Å². The van der Waals surface area contributed by atoms with Gasteiger partial charge in [0.1, 0.15) is 11.6 Å². The molecule has 1 aromatic carbocycles. The first-order valence-electron chi connectivity index (χ1n) is 6.29. The van der Waals surface area contributed by atoms with Gasteiger partial charge in [0.25, 0.3) is 0 Å². The number of ether oxygens (including phenoxy) is 1.